The van der Waals surface area contributed by atoms with Crippen molar-refractivity contribution in [2.45, 2.75) is 50.7 Å². The lowest BCUT2D eigenvalue weighted by molar-refractivity contribution is -0.123. The van der Waals surface area contributed by atoms with E-state index in [2.05, 4.69) is 46.7 Å². The highest BCUT2D eigenvalue weighted by Crippen LogP contribution is 2.27. The van der Waals surface area contributed by atoms with Crippen LogP contribution in [0.3, 0.4) is 0 Å². The second-order valence-electron chi connectivity index (χ2n) is 7.44. The molecule has 0 spiro atoms. The normalized spacial score (nSPS) is 27.9. The number of benzene rings is 1. The van der Waals surface area contributed by atoms with Crippen molar-refractivity contribution < 1.29 is 13.6 Å². The summed E-state index contributed by atoms with van der Waals surface area (Å²) < 4.78 is 26.3. The molecule has 2 N–H and O–H groups in total. The van der Waals surface area contributed by atoms with E-state index >= 15 is 0 Å². The third-order valence-electron chi connectivity index (χ3n) is 5.30. The van der Waals surface area contributed by atoms with Crippen molar-refractivity contribution in [3.63, 3.8) is 0 Å². The van der Waals surface area contributed by atoms with Crippen LogP contribution in [0.15, 0.2) is 30.3 Å². The summed E-state index contributed by atoms with van der Waals surface area (Å²) in [6.45, 7) is 4.36. The van der Waals surface area contributed by atoms with Crippen molar-refractivity contribution in [1.82, 2.24) is 15.5 Å². The molecule has 2 saturated heterocycles. The van der Waals surface area contributed by atoms with Gasteiger partial charge in [0.25, 0.3) is 5.92 Å². The summed E-state index contributed by atoms with van der Waals surface area (Å²) in [7, 11) is 0. The van der Waals surface area contributed by atoms with Crippen LogP contribution in [0.1, 0.15) is 31.7 Å². The Balaban J connectivity index is 0.00000243. The van der Waals surface area contributed by atoms with E-state index in [0.717, 1.165) is 25.9 Å². The van der Waals surface area contributed by atoms with Gasteiger partial charge < -0.3 is 5.32 Å². The Morgan fingerprint density at radius 2 is 2.08 bits per heavy atom. The molecule has 3 unspecified atom stereocenters. The Morgan fingerprint density at radius 3 is 2.73 bits per heavy atom. The number of halogens is 3. The third kappa shape index (κ3) is 5.63. The van der Waals surface area contributed by atoms with Gasteiger partial charge in [-0.15, -0.1) is 12.4 Å². The van der Waals surface area contributed by atoms with Crippen LogP contribution in [0.25, 0.3) is 0 Å². The predicted octanol–water partition coefficient (Wildman–Crippen LogP) is 2.82. The van der Waals surface area contributed by atoms with Gasteiger partial charge >= 0.3 is 0 Å². The third-order valence-corrected chi connectivity index (χ3v) is 5.30. The molecule has 146 valence electrons. The zero-order chi connectivity index (χ0) is 17.9. The number of amides is 1. The lowest BCUT2D eigenvalue weighted by Crippen LogP contribution is -2.41. The van der Waals surface area contributed by atoms with E-state index in [0.29, 0.717) is 18.5 Å². The molecule has 0 bridgehead atoms. The van der Waals surface area contributed by atoms with E-state index in [1.807, 2.05) is 6.07 Å². The molecular weight excluding hydrogens is 360 g/mol. The molecule has 26 heavy (non-hydrogen) atoms. The van der Waals surface area contributed by atoms with Gasteiger partial charge in [-0.05, 0) is 31.2 Å². The van der Waals surface area contributed by atoms with Gasteiger partial charge in [-0.1, -0.05) is 30.3 Å². The van der Waals surface area contributed by atoms with Crippen molar-refractivity contribution in [1.29, 1.82) is 0 Å². The highest BCUT2D eigenvalue weighted by Gasteiger charge is 2.42. The Hall–Kier alpha value is -1.24. The fraction of sp³-hybridized carbons (Fsp3) is 0.632. The summed E-state index contributed by atoms with van der Waals surface area (Å²) in [5.41, 5.74) is 1.32. The van der Waals surface area contributed by atoms with Gasteiger partial charge in [0.2, 0.25) is 5.91 Å². The van der Waals surface area contributed by atoms with E-state index < -0.39 is 24.9 Å². The Bertz CT molecular complexity index is 587. The number of rotatable bonds is 6. The zero-order valence-corrected chi connectivity index (χ0v) is 15.9. The van der Waals surface area contributed by atoms with Gasteiger partial charge in [0.15, 0.2) is 0 Å². The van der Waals surface area contributed by atoms with Crippen LogP contribution < -0.4 is 10.6 Å². The van der Waals surface area contributed by atoms with Gasteiger partial charge in [-0.2, -0.15) is 0 Å². The average molecular weight is 388 g/mol. The Labute approximate surface area is 160 Å². The first-order valence-corrected chi connectivity index (χ1v) is 9.10. The maximum atomic E-state index is 13.1. The number of carbonyl (C=O) groups excluding carboxylic acids is 1. The summed E-state index contributed by atoms with van der Waals surface area (Å²) >= 11 is 0. The number of alkyl halides is 2. The molecular formula is C19H28ClF2N3O. The molecule has 2 aliphatic rings. The van der Waals surface area contributed by atoms with Crippen molar-refractivity contribution in [2.24, 2.45) is 5.92 Å². The first kappa shape index (κ1) is 21.1. The number of likely N-dealkylation sites (tertiary alicyclic amines) is 1. The summed E-state index contributed by atoms with van der Waals surface area (Å²) in [6.07, 6.45) is 1.61. The molecule has 2 heterocycles. The molecule has 0 saturated carbocycles. The monoisotopic (exact) mass is 387 g/mol. The van der Waals surface area contributed by atoms with Crippen LogP contribution in [-0.4, -0.2) is 48.4 Å². The summed E-state index contributed by atoms with van der Waals surface area (Å²) in [6, 6.07) is 10.2. The molecule has 3 atom stereocenters. The molecule has 1 amide bonds. The summed E-state index contributed by atoms with van der Waals surface area (Å²) in [5.74, 6) is -2.53. The van der Waals surface area contributed by atoms with Gasteiger partial charge in [0.05, 0.1) is 12.6 Å². The van der Waals surface area contributed by atoms with Crippen molar-refractivity contribution in [2.75, 3.05) is 19.6 Å². The predicted molar refractivity (Wildman–Crippen MR) is 101 cm³/mol. The quantitative estimate of drug-likeness (QED) is 0.789. The maximum absolute atomic E-state index is 13.1. The van der Waals surface area contributed by atoms with Gasteiger partial charge in [-0.3, -0.25) is 15.0 Å². The zero-order valence-electron chi connectivity index (χ0n) is 15.1. The van der Waals surface area contributed by atoms with E-state index in [1.165, 1.54) is 5.56 Å². The molecule has 0 radical (unpaired) electrons. The maximum Gasteiger partial charge on any atom is 0.262 e. The molecule has 3 rings (SSSR count). The molecule has 2 aliphatic heterocycles. The van der Waals surface area contributed by atoms with Crippen molar-refractivity contribution >= 4 is 18.3 Å². The van der Waals surface area contributed by atoms with Crippen LogP contribution in [0.5, 0.6) is 0 Å². The SMILES string of the molecule is CC1CC(CCNC(=O)C2CC(F)(F)CN2)CN1Cc1ccccc1.Cl. The largest absolute Gasteiger partial charge is 0.355 e. The number of carbonyl (C=O) groups is 1. The van der Waals surface area contributed by atoms with Gasteiger partial charge in [0.1, 0.15) is 0 Å². The van der Waals surface area contributed by atoms with Crippen LogP contribution in [0, 0.1) is 5.92 Å². The highest BCUT2D eigenvalue weighted by molar-refractivity contribution is 5.85. The highest BCUT2D eigenvalue weighted by atomic mass is 35.5. The number of hydrogen-bond acceptors (Lipinski definition) is 3. The van der Waals surface area contributed by atoms with Crippen molar-refractivity contribution in [3.8, 4) is 0 Å². The van der Waals surface area contributed by atoms with E-state index in [1.54, 1.807) is 0 Å². The van der Waals surface area contributed by atoms with E-state index in [-0.39, 0.29) is 18.3 Å². The molecule has 4 nitrogen and oxygen atoms in total. The first-order valence-electron chi connectivity index (χ1n) is 9.10. The van der Waals surface area contributed by atoms with Crippen LogP contribution >= 0.6 is 12.4 Å². The fourth-order valence-electron chi connectivity index (χ4n) is 3.89. The number of nitrogens with one attached hydrogen (secondary N) is 2. The van der Waals surface area contributed by atoms with E-state index in [9.17, 15) is 13.6 Å². The molecule has 1 aromatic carbocycles. The standard InChI is InChI=1S/C19H27F2N3O.ClH/c1-14-9-16(12-24(14)11-15-5-3-2-4-6-15)7-8-22-18(25)17-10-19(20,21)13-23-17;/h2-6,14,16-17,23H,7-13H2,1H3,(H,22,25);1H. The van der Waals surface area contributed by atoms with Crippen LogP contribution in [0.4, 0.5) is 8.78 Å². The molecule has 1 aromatic rings. The number of nitrogens with zero attached hydrogens (tertiary/aromatic N) is 1. The lowest BCUT2D eigenvalue weighted by atomic mass is 10.0. The van der Waals surface area contributed by atoms with Crippen LogP contribution in [-0.2, 0) is 11.3 Å². The van der Waals surface area contributed by atoms with Crippen LogP contribution in [0.2, 0.25) is 0 Å². The Kier molecular flexibility index (Phi) is 7.38. The minimum atomic E-state index is -2.76. The molecule has 0 aromatic heterocycles. The molecule has 2 fully saturated rings. The first-order chi connectivity index (χ1) is 11.9. The Morgan fingerprint density at radius 1 is 1.35 bits per heavy atom. The van der Waals surface area contributed by atoms with E-state index in [4.69, 9.17) is 0 Å². The molecule has 0 aliphatic carbocycles. The second-order valence-corrected chi connectivity index (χ2v) is 7.44. The minimum Gasteiger partial charge on any atom is -0.355 e. The number of hydrogen-bond donors (Lipinski definition) is 2. The summed E-state index contributed by atoms with van der Waals surface area (Å²) in [5, 5.41) is 5.41. The van der Waals surface area contributed by atoms with Crippen molar-refractivity contribution in [3.05, 3.63) is 35.9 Å². The lowest BCUT2D eigenvalue weighted by Gasteiger charge is -2.21. The van der Waals surface area contributed by atoms with Gasteiger partial charge in [-0.25, -0.2) is 8.78 Å². The smallest absolute Gasteiger partial charge is 0.262 e. The topological polar surface area (TPSA) is 44.4 Å². The second kappa shape index (κ2) is 9.11. The fourth-order valence-corrected chi connectivity index (χ4v) is 3.89. The van der Waals surface area contributed by atoms with Gasteiger partial charge in [0, 0.05) is 32.1 Å². The average Bonchev–Trinajstić information content (AvgIpc) is 3.11. The molecule has 7 heteroatoms. The minimum absolute atomic E-state index is 0. The summed E-state index contributed by atoms with van der Waals surface area (Å²) in [4.78, 5) is 14.4.